The Kier molecular flexibility index (Phi) is 3.90. The van der Waals surface area contributed by atoms with Gasteiger partial charge in [-0.15, -0.1) is 0 Å². The number of rotatable bonds is 4. The first-order chi connectivity index (χ1) is 7.03. The molecule has 0 aromatic heterocycles. The van der Waals surface area contributed by atoms with Gasteiger partial charge in [-0.1, -0.05) is 0 Å². The number of ether oxygens (including phenoxy) is 2. The maximum Gasteiger partial charge on any atom is 0.317 e. The van der Waals surface area contributed by atoms with Crippen molar-refractivity contribution in [2.75, 3.05) is 6.61 Å². The summed E-state index contributed by atoms with van der Waals surface area (Å²) in [5.74, 6) is -1.15. The number of carbonyl (C=O) groups is 1. The van der Waals surface area contributed by atoms with Crippen LogP contribution in [0.3, 0.4) is 0 Å². The number of azide groups is 1. The van der Waals surface area contributed by atoms with Crippen LogP contribution in [0.5, 0.6) is 0 Å². The van der Waals surface area contributed by atoms with E-state index in [1.165, 1.54) is 0 Å². The predicted octanol–water partition coefficient (Wildman–Crippen LogP) is 1.69. The van der Waals surface area contributed by atoms with Gasteiger partial charge in [-0.25, -0.2) is 0 Å². The first-order valence-electron chi connectivity index (χ1n) is 4.59. The zero-order chi connectivity index (χ0) is 11.3. The molecule has 7 nitrogen and oxygen atoms in total. The monoisotopic (exact) mass is 215 g/mol. The standard InChI is InChI=1S/C8H13N3O4/c1-8(2)13-5-6(14-8)3-4-7(12)15-11-10-9/h6H,3-5H2,1-2H3/t6-/m0/s1. The Bertz CT molecular complexity index is 286. The molecule has 1 atom stereocenters. The van der Waals surface area contributed by atoms with Crippen molar-refractivity contribution in [1.29, 1.82) is 0 Å². The number of hydrogen-bond donors (Lipinski definition) is 0. The molecule has 0 bridgehead atoms. The van der Waals surface area contributed by atoms with E-state index in [4.69, 9.17) is 15.0 Å². The summed E-state index contributed by atoms with van der Waals surface area (Å²) >= 11 is 0. The summed E-state index contributed by atoms with van der Waals surface area (Å²) in [7, 11) is 0. The Labute approximate surface area is 86.9 Å². The molecule has 1 rings (SSSR count). The van der Waals surface area contributed by atoms with Crippen molar-refractivity contribution in [3.05, 3.63) is 10.4 Å². The van der Waals surface area contributed by atoms with E-state index in [9.17, 15) is 4.79 Å². The van der Waals surface area contributed by atoms with Crippen LogP contribution >= 0.6 is 0 Å². The molecular formula is C8H13N3O4. The lowest BCUT2D eigenvalue weighted by atomic mass is 10.2. The molecule has 0 amide bonds. The first-order valence-corrected chi connectivity index (χ1v) is 4.59. The lowest BCUT2D eigenvalue weighted by Gasteiger charge is -2.16. The fourth-order valence-electron chi connectivity index (χ4n) is 1.29. The van der Waals surface area contributed by atoms with E-state index < -0.39 is 11.8 Å². The minimum absolute atomic E-state index is 0.112. The van der Waals surface area contributed by atoms with Gasteiger partial charge in [0.15, 0.2) is 5.79 Å². The average Bonchev–Trinajstić information content (AvgIpc) is 2.52. The quantitative estimate of drug-likeness (QED) is 0.308. The SMILES string of the molecule is CC1(C)OC[C@H](CCC(=O)ON=[N+]=[N-])O1. The fourth-order valence-corrected chi connectivity index (χ4v) is 1.29. The first kappa shape index (κ1) is 11.8. The lowest BCUT2D eigenvalue weighted by molar-refractivity contribution is -0.148. The van der Waals surface area contributed by atoms with Gasteiger partial charge in [0.1, 0.15) is 5.28 Å². The van der Waals surface area contributed by atoms with E-state index >= 15 is 0 Å². The van der Waals surface area contributed by atoms with Gasteiger partial charge in [-0.05, 0) is 25.8 Å². The van der Waals surface area contributed by atoms with Crippen molar-refractivity contribution in [2.24, 2.45) is 5.28 Å². The van der Waals surface area contributed by atoms with Crippen molar-refractivity contribution in [3.63, 3.8) is 0 Å². The molecule has 0 saturated carbocycles. The summed E-state index contributed by atoms with van der Waals surface area (Å²) < 4.78 is 10.8. The van der Waals surface area contributed by atoms with Gasteiger partial charge in [0.2, 0.25) is 0 Å². The smallest absolute Gasteiger partial charge is 0.317 e. The summed E-state index contributed by atoms with van der Waals surface area (Å²) in [6.07, 6.45) is 0.519. The Morgan fingerprint density at radius 2 is 2.47 bits per heavy atom. The third-order valence-electron chi connectivity index (χ3n) is 1.92. The van der Waals surface area contributed by atoms with Crippen molar-refractivity contribution in [3.8, 4) is 0 Å². The topological polar surface area (TPSA) is 93.5 Å². The molecule has 0 radical (unpaired) electrons. The number of nitrogens with zero attached hydrogens (tertiary/aromatic N) is 3. The van der Waals surface area contributed by atoms with Crippen LogP contribution in [0.4, 0.5) is 0 Å². The van der Waals surface area contributed by atoms with Gasteiger partial charge < -0.3 is 14.3 Å². The molecule has 1 fully saturated rings. The highest BCUT2D eigenvalue weighted by Crippen LogP contribution is 2.24. The molecule has 0 spiro atoms. The molecule has 0 aliphatic carbocycles. The Hall–Kier alpha value is -1.30. The van der Waals surface area contributed by atoms with Gasteiger partial charge in [-0.3, -0.25) is 4.79 Å². The van der Waals surface area contributed by atoms with Crippen LogP contribution in [0.15, 0.2) is 5.28 Å². The molecule has 15 heavy (non-hydrogen) atoms. The van der Waals surface area contributed by atoms with Gasteiger partial charge in [0.05, 0.1) is 12.7 Å². The van der Waals surface area contributed by atoms with E-state index in [2.05, 4.69) is 15.0 Å². The fraction of sp³-hybridized carbons (Fsp3) is 0.875. The molecule has 0 aromatic carbocycles. The number of carbonyl (C=O) groups excluding carboxylic acids is 1. The molecule has 1 heterocycles. The van der Waals surface area contributed by atoms with E-state index in [1.54, 1.807) is 0 Å². The third-order valence-corrected chi connectivity index (χ3v) is 1.92. The van der Waals surface area contributed by atoms with Crippen LogP contribution in [0, 0.1) is 0 Å². The molecule has 1 aliphatic heterocycles. The van der Waals surface area contributed by atoms with Crippen LogP contribution in [-0.4, -0.2) is 24.5 Å². The molecule has 7 heteroatoms. The summed E-state index contributed by atoms with van der Waals surface area (Å²) in [4.78, 5) is 17.4. The van der Waals surface area contributed by atoms with Gasteiger partial charge in [0.25, 0.3) is 0 Å². The maximum atomic E-state index is 10.9. The van der Waals surface area contributed by atoms with E-state index in [1.807, 2.05) is 13.8 Å². The van der Waals surface area contributed by atoms with Crippen molar-refractivity contribution < 1.29 is 19.1 Å². The minimum atomic E-state index is -0.584. The largest absolute Gasteiger partial charge is 0.359 e. The normalized spacial score (nSPS) is 23.2. The second kappa shape index (κ2) is 4.97. The van der Waals surface area contributed by atoms with Crippen LogP contribution < -0.4 is 0 Å². The number of hydrogen-bond acceptors (Lipinski definition) is 5. The van der Waals surface area contributed by atoms with Crippen LogP contribution in [0.2, 0.25) is 0 Å². The predicted molar refractivity (Wildman–Crippen MR) is 49.4 cm³/mol. The highest BCUT2D eigenvalue weighted by Gasteiger charge is 2.32. The second-order valence-corrected chi connectivity index (χ2v) is 3.62. The highest BCUT2D eigenvalue weighted by atomic mass is 16.7. The second-order valence-electron chi connectivity index (χ2n) is 3.62. The van der Waals surface area contributed by atoms with Crippen molar-refractivity contribution in [1.82, 2.24) is 0 Å². The summed E-state index contributed by atoms with van der Waals surface area (Å²) in [6.45, 7) is 4.08. The summed E-state index contributed by atoms with van der Waals surface area (Å²) in [5, 5.41) is 2.70. The van der Waals surface area contributed by atoms with Crippen molar-refractivity contribution in [2.45, 2.75) is 38.6 Å². The van der Waals surface area contributed by atoms with Crippen molar-refractivity contribution >= 4 is 5.97 Å². The molecule has 0 unspecified atom stereocenters. The third kappa shape index (κ3) is 4.16. The average molecular weight is 215 g/mol. The molecule has 1 aliphatic rings. The minimum Gasteiger partial charge on any atom is -0.359 e. The van der Waals surface area contributed by atoms with Gasteiger partial charge in [0, 0.05) is 11.3 Å². The Balaban J connectivity index is 2.21. The van der Waals surface area contributed by atoms with Crippen LogP contribution in [0.1, 0.15) is 26.7 Å². The molecule has 0 aromatic rings. The van der Waals surface area contributed by atoms with E-state index in [0.717, 1.165) is 0 Å². The molecule has 1 saturated heterocycles. The zero-order valence-corrected chi connectivity index (χ0v) is 8.67. The van der Waals surface area contributed by atoms with Gasteiger partial charge >= 0.3 is 5.97 Å². The molecule has 84 valence electrons. The summed E-state index contributed by atoms with van der Waals surface area (Å²) in [5.41, 5.74) is 7.90. The molecular weight excluding hydrogens is 202 g/mol. The lowest BCUT2D eigenvalue weighted by Crippen LogP contribution is -2.21. The zero-order valence-electron chi connectivity index (χ0n) is 8.67. The summed E-state index contributed by atoms with van der Waals surface area (Å²) in [6, 6.07) is 0. The van der Waals surface area contributed by atoms with E-state index in [-0.39, 0.29) is 12.5 Å². The van der Waals surface area contributed by atoms with E-state index in [0.29, 0.717) is 13.0 Å². The Morgan fingerprint density at radius 1 is 1.73 bits per heavy atom. The Morgan fingerprint density at radius 3 is 3.00 bits per heavy atom. The highest BCUT2D eigenvalue weighted by molar-refractivity contribution is 5.69. The van der Waals surface area contributed by atoms with Gasteiger partial charge in [-0.2, -0.15) is 0 Å². The van der Waals surface area contributed by atoms with Crippen LogP contribution in [0.25, 0.3) is 10.4 Å². The maximum absolute atomic E-state index is 10.9. The van der Waals surface area contributed by atoms with Crippen LogP contribution in [-0.2, 0) is 19.1 Å². The molecule has 0 N–H and O–H groups in total.